The third-order valence-electron chi connectivity index (χ3n) is 7.56. The molecule has 1 aromatic heterocycles. The van der Waals surface area contributed by atoms with Crippen LogP contribution >= 0.6 is 22.9 Å². The minimum Gasteiger partial charge on any atom is -0.330 e. The van der Waals surface area contributed by atoms with Crippen LogP contribution in [0.15, 0.2) is 66.7 Å². The van der Waals surface area contributed by atoms with E-state index in [2.05, 4.69) is 25.1 Å². The molecule has 38 heavy (non-hydrogen) atoms. The Morgan fingerprint density at radius 1 is 1.00 bits per heavy atom. The van der Waals surface area contributed by atoms with Gasteiger partial charge >= 0.3 is 0 Å². The summed E-state index contributed by atoms with van der Waals surface area (Å²) in [4.78, 5) is 18.7. The highest BCUT2D eigenvalue weighted by Gasteiger charge is 2.32. The molecule has 0 aliphatic heterocycles. The van der Waals surface area contributed by atoms with Crippen LogP contribution in [0.4, 0.5) is 4.39 Å². The molecule has 4 nitrogen and oxygen atoms in total. The summed E-state index contributed by atoms with van der Waals surface area (Å²) >= 11 is 8.12. The fraction of sp³-hybridized carbons (Fsp3) is 0.290. The van der Waals surface area contributed by atoms with Crippen molar-refractivity contribution in [3.8, 4) is 17.2 Å². The van der Waals surface area contributed by atoms with Crippen molar-refractivity contribution < 1.29 is 9.18 Å². The standard InChI is InChI=1S/C31H29ClFN3OS/c1-35(2)24-12-14-25(15-13-24)36(31(37)30-29(32)26-5-3-4-6-28(26)38-30)19-23-17-22(11-16-27(23)33)21-9-7-20(18-34)8-10-21/h3-11,16-17,24-25H,12-15,19H2,1-2H3. The molecule has 194 valence electrons. The number of halogens is 2. The lowest BCUT2D eigenvalue weighted by Gasteiger charge is -2.39. The Labute approximate surface area is 231 Å². The van der Waals surface area contributed by atoms with Gasteiger partial charge in [0.25, 0.3) is 5.91 Å². The molecule has 3 aromatic carbocycles. The summed E-state index contributed by atoms with van der Waals surface area (Å²) in [7, 11) is 4.18. The van der Waals surface area contributed by atoms with Crippen LogP contribution in [0.1, 0.15) is 46.5 Å². The minimum atomic E-state index is -0.343. The Morgan fingerprint density at radius 3 is 2.32 bits per heavy atom. The van der Waals surface area contributed by atoms with Crippen LogP contribution in [0.3, 0.4) is 0 Å². The highest BCUT2D eigenvalue weighted by molar-refractivity contribution is 7.21. The van der Waals surface area contributed by atoms with Gasteiger partial charge in [-0.3, -0.25) is 4.79 Å². The predicted octanol–water partition coefficient (Wildman–Crippen LogP) is 7.75. The zero-order valence-electron chi connectivity index (χ0n) is 21.5. The van der Waals surface area contributed by atoms with Crippen molar-refractivity contribution in [3.63, 3.8) is 0 Å². The summed E-state index contributed by atoms with van der Waals surface area (Å²) in [6, 6.07) is 22.6. The van der Waals surface area contributed by atoms with Crippen molar-refractivity contribution >= 4 is 38.9 Å². The SMILES string of the molecule is CN(C)C1CCC(N(Cc2cc(-c3ccc(C#N)cc3)ccc2F)C(=O)c2sc3ccccc3c2Cl)CC1. The minimum absolute atomic E-state index is 0.00190. The Hall–Kier alpha value is -3.24. The van der Waals surface area contributed by atoms with E-state index < -0.39 is 0 Å². The van der Waals surface area contributed by atoms with Crippen molar-refractivity contribution in [2.75, 3.05) is 14.1 Å². The maximum atomic E-state index is 15.2. The summed E-state index contributed by atoms with van der Waals surface area (Å²) in [5.41, 5.74) is 2.77. The van der Waals surface area contributed by atoms with Crippen LogP contribution in [-0.2, 0) is 6.54 Å². The Bertz CT molecular complexity index is 1500. The van der Waals surface area contributed by atoms with Gasteiger partial charge in [-0.25, -0.2) is 4.39 Å². The topological polar surface area (TPSA) is 47.3 Å². The van der Waals surface area contributed by atoms with Gasteiger partial charge in [0, 0.05) is 34.3 Å². The smallest absolute Gasteiger partial charge is 0.266 e. The van der Waals surface area contributed by atoms with E-state index in [1.807, 2.05) is 47.4 Å². The fourth-order valence-corrected chi connectivity index (χ4v) is 6.80. The van der Waals surface area contributed by atoms with Gasteiger partial charge in [0.15, 0.2) is 0 Å². The average Bonchev–Trinajstić information content (AvgIpc) is 3.28. The van der Waals surface area contributed by atoms with Crippen molar-refractivity contribution in [1.29, 1.82) is 5.26 Å². The Kier molecular flexibility index (Phi) is 7.80. The summed E-state index contributed by atoms with van der Waals surface area (Å²) in [5.74, 6) is -0.489. The normalized spacial score (nSPS) is 17.5. The number of rotatable bonds is 6. The molecule has 0 radical (unpaired) electrons. The second kappa shape index (κ2) is 11.2. The number of thiophene rings is 1. The van der Waals surface area contributed by atoms with Gasteiger partial charge in [0.2, 0.25) is 0 Å². The first-order chi connectivity index (χ1) is 18.4. The van der Waals surface area contributed by atoms with Gasteiger partial charge in [-0.15, -0.1) is 11.3 Å². The zero-order chi connectivity index (χ0) is 26.8. The molecule has 0 N–H and O–H groups in total. The van der Waals surface area contributed by atoms with E-state index in [4.69, 9.17) is 16.9 Å². The van der Waals surface area contributed by atoms with Crippen LogP contribution in [0, 0.1) is 17.1 Å². The second-order valence-corrected chi connectivity index (χ2v) is 11.5. The molecule has 0 bridgehead atoms. The molecule has 0 unspecified atom stereocenters. The van der Waals surface area contributed by atoms with Gasteiger partial charge < -0.3 is 9.80 Å². The summed E-state index contributed by atoms with van der Waals surface area (Å²) in [5, 5.41) is 10.4. The lowest BCUT2D eigenvalue weighted by atomic mass is 9.89. The van der Waals surface area contributed by atoms with Gasteiger partial charge in [-0.1, -0.05) is 48.0 Å². The first kappa shape index (κ1) is 26.4. The molecule has 0 spiro atoms. The third kappa shape index (κ3) is 5.33. The summed E-state index contributed by atoms with van der Waals surface area (Å²) in [6.07, 6.45) is 3.67. The number of amides is 1. The Morgan fingerprint density at radius 2 is 1.66 bits per heavy atom. The first-order valence-electron chi connectivity index (χ1n) is 12.8. The monoisotopic (exact) mass is 545 g/mol. The quantitative estimate of drug-likeness (QED) is 0.249. The number of carbonyl (C=O) groups excluding carboxylic acids is 1. The molecule has 1 fully saturated rings. The molecular weight excluding hydrogens is 517 g/mol. The number of carbonyl (C=O) groups is 1. The molecular formula is C31H29ClFN3OS. The number of hydrogen-bond donors (Lipinski definition) is 0. The number of nitrogens with zero attached hydrogens (tertiary/aromatic N) is 3. The molecule has 4 aromatic rings. The van der Waals surface area contributed by atoms with E-state index >= 15 is 4.39 Å². The summed E-state index contributed by atoms with van der Waals surface area (Å²) in [6.45, 7) is 0.163. The van der Waals surface area contributed by atoms with Gasteiger partial charge in [-0.05, 0) is 81.2 Å². The van der Waals surface area contributed by atoms with E-state index in [1.54, 1.807) is 18.2 Å². The van der Waals surface area contributed by atoms with Crippen LogP contribution in [-0.4, -0.2) is 41.9 Å². The molecule has 1 aliphatic rings. The molecule has 1 amide bonds. The van der Waals surface area contributed by atoms with E-state index in [9.17, 15) is 4.79 Å². The molecule has 7 heteroatoms. The fourth-order valence-electron chi connectivity index (χ4n) is 5.33. The molecule has 1 heterocycles. The highest BCUT2D eigenvalue weighted by atomic mass is 35.5. The van der Waals surface area contributed by atoms with E-state index in [1.165, 1.54) is 17.4 Å². The van der Waals surface area contributed by atoms with Crippen LogP contribution in [0.25, 0.3) is 21.2 Å². The molecule has 1 aliphatic carbocycles. The second-order valence-electron chi connectivity index (χ2n) is 10.1. The highest BCUT2D eigenvalue weighted by Crippen LogP contribution is 2.38. The maximum Gasteiger partial charge on any atom is 0.266 e. The van der Waals surface area contributed by atoms with E-state index in [0.717, 1.165) is 46.9 Å². The van der Waals surface area contributed by atoms with Crippen molar-refractivity contribution in [1.82, 2.24) is 9.80 Å². The maximum absolute atomic E-state index is 15.2. The Balaban J connectivity index is 1.49. The zero-order valence-corrected chi connectivity index (χ0v) is 23.0. The third-order valence-corrected chi connectivity index (χ3v) is 9.22. The van der Waals surface area contributed by atoms with E-state index in [0.29, 0.717) is 27.1 Å². The lowest BCUT2D eigenvalue weighted by Crippen LogP contribution is -2.44. The number of nitriles is 1. The van der Waals surface area contributed by atoms with Crippen LogP contribution in [0.2, 0.25) is 5.02 Å². The van der Waals surface area contributed by atoms with Crippen LogP contribution < -0.4 is 0 Å². The van der Waals surface area contributed by atoms with Gasteiger partial charge in [0.05, 0.1) is 16.7 Å². The van der Waals surface area contributed by atoms with Crippen molar-refractivity contribution in [2.45, 2.75) is 44.3 Å². The molecule has 1 saturated carbocycles. The van der Waals surface area contributed by atoms with Crippen molar-refractivity contribution in [2.24, 2.45) is 0 Å². The molecule has 5 rings (SSSR count). The largest absolute Gasteiger partial charge is 0.330 e. The number of hydrogen-bond acceptors (Lipinski definition) is 4. The lowest BCUT2D eigenvalue weighted by molar-refractivity contribution is 0.0572. The van der Waals surface area contributed by atoms with Crippen molar-refractivity contribution in [3.05, 3.63) is 93.6 Å². The van der Waals surface area contributed by atoms with Crippen LogP contribution in [0.5, 0.6) is 0 Å². The van der Waals surface area contributed by atoms with E-state index in [-0.39, 0.29) is 24.3 Å². The number of fused-ring (bicyclic) bond motifs is 1. The summed E-state index contributed by atoms with van der Waals surface area (Å²) < 4.78 is 16.2. The van der Waals surface area contributed by atoms with Gasteiger partial charge in [-0.2, -0.15) is 5.26 Å². The predicted molar refractivity (Wildman–Crippen MR) is 153 cm³/mol. The average molecular weight is 546 g/mol. The van der Waals surface area contributed by atoms with Gasteiger partial charge in [0.1, 0.15) is 10.7 Å². The molecule has 0 saturated heterocycles. The number of benzene rings is 3. The first-order valence-corrected chi connectivity index (χ1v) is 14.0. The molecule has 0 atom stereocenters.